The van der Waals surface area contributed by atoms with Gasteiger partial charge in [-0.15, -0.1) is 0 Å². The second-order valence-corrected chi connectivity index (χ2v) is 2.93. The topological polar surface area (TPSA) is 9.23 Å². The van der Waals surface area contributed by atoms with Crippen LogP contribution in [-0.4, -0.2) is 6.18 Å². The third-order valence-electron chi connectivity index (χ3n) is 1.49. The van der Waals surface area contributed by atoms with E-state index in [1.165, 1.54) is 35.1 Å². The van der Waals surface area contributed by atoms with Crippen molar-refractivity contribution < 1.29 is 16.2 Å². The van der Waals surface area contributed by atoms with E-state index in [1.54, 1.807) is 18.2 Å². The number of halogens is 4. The molecule has 0 fully saturated rings. The van der Waals surface area contributed by atoms with Gasteiger partial charge in [-0.1, -0.05) is 30.3 Å². The highest BCUT2D eigenvalue weighted by atomic mass is 127. The van der Waals surface area contributed by atoms with Crippen molar-refractivity contribution in [1.82, 2.24) is 0 Å². The summed E-state index contributed by atoms with van der Waals surface area (Å²) in [4.78, 5) is 0. The molecule has 0 heterocycles. The quantitative estimate of drug-likeness (QED) is 0.758. The van der Waals surface area contributed by atoms with Gasteiger partial charge in [0.25, 0.3) is 0 Å². The Morgan fingerprint density at radius 3 is 2.08 bits per heavy atom. The van der Waals surface area contributed by atoms with E-state index in [1.807, 2.05) is 0 Å². The predicted octanol–water partition coefficient (Wildman–Crippen LogP) is 3.66. The van der Waals surface area contributed by atoms with Crippen molar-refractivity contribution in [3.8, 4) is 0 Å². The molecule has 1 aromatic carbocycles. The first-order valence-electron chi connectivity index (χ1n) is 3.44. The van der Waals surface area contributed by atoms with Gasteiger partial charge in [-0.05, 0) is 5.56 Å². The molecule has 1 atom stereocenters. The molecule has 0 aliphatic heterocycles. The Bertz CT molecular complexity index is 260. The third kappa shape index (κ3) is 2.84. The molecular formula is C8H6F3IO. The van der Waals surface area contributed by atoms with Crippen LogP contribution in [0.5, 0.6) is 0 Å². The molecule has 0 N–H and O–H groups in total. The highest BCUT2D eigenvalue weighted by Gasteiger charge is 2.41. The number of alkyl halides is 3. The van der Waals surface area contributed by atoms with Crippen LogP contribution in [0.3, 0.4) is 0 Å². The summed E-state index contributed by atoms with van der Waals surface area (Å²) in [7, 11) is 0. The van der Waals surface area contributed by atoms with E-state index >= 15 is 0 Å². The Kier molecular flexibility index (Phi) is 3.55. The monoisotopic (exact) mass is 302 g/mol. The van der Waals surface area contributed by atoms with Gasteiger partial charge in [0.05, 0.1) is 0 Å². The van der Waals surface area contributed by atoms with E-state index in [9.17, 15) is 13.2 Å². The van der Waals surface area contributed by atoms with E-state index in [2.05, 4.69) is 3.07 Å². The largest absolute Gasteiger partial charge is 0.419 e. The zero-order chi connectivity index (χ0) is 9.90. The lowest BCUT2D eigenvalue weighted by molar-refractivity contribution is -0.189. The molecule has 72 valence electrons. The van der Waals surface area contributed by atoms with E-state index in [0.29, 0.717) is 0 Å². The van der Waals surface area contributed by atoms with Gasteiger partial charge < -0.3 is 0 Å². The van der Waals surface area contributed by atoms with Crippen LogP contribution in [0.1, 0.15) is 11.7 Å². The highest BCUT2D eigenvalue weighted by Crippen LogP contribution is 2.36. The zero-order valence-corrected chi connectivity index (χ0v) is 8.54. The van der Waals surface area contributed by atoms with Gasteiger partial charge in [0.1, 0.15) is 23.0 Å². The fraction of sp³-hybridized carbons (Fsp3) is 0.250. The van der Waals surface area contributed by atoms with Crippen molar-refractivity contribution in [2.24, 2.45) is 0 Å². The number of hydrogen-bond donors (Lipinski definition) is 0. The van der Waals surface area contributed by atoms with Crippen molar-refractivity contribution >= 4 is 23.0 Å². The van der Waals surface area contributed by atoms with E-state index in [0.717, 1.165) is 0 Å². The molecule has 0 saturated heterocycles. The second-order valence-electron chi connectivity index (χ2n) is 2.42. The van der Waals surface area contributed by atoms with Crippen molar-refractivity contribution in [2.45, 2.75) is 12.3 Å². The van der Waals surface area contributed by atoms with E-state index in [4.69, 9.17) is 0 Å². The van der Waals surface area contributed by atoms with E-state index < -0.39 is 12.3 Å². The van der Waals surface area contributed by atoms with Gasteiger partial charge >= 0.3 is 6.18 Å². The van der Waals surface area contributed by atoms with Gasteiger partial charge in [-0.25, -0.2) is 0 Å². The lowest BCUT2D eigenvalue weighted by atomic mass is 10.1. The average Bonchev–Trinajstić information content (AvgIpc) is 2.05. The zero-order valence-electron chi connectivity index (χ0n) is 6.38. The molecule has 0 unspecified atom stereocenters. The molecule has 1 aromatic rings. The standard InChI is InChI=1S/C8H6F3IO/c9-8(10,11)7(13-12)6-4-2-1-3-5-6/h1-5,7H/t7-/m1/s1. The fourth-order valence-corrected chi connectivity index (χ4v) is 1.50. The summed E-state index contributed by atoms with van der Waals surface area (Å²) in [5, 5.41) is 0. The summed E-state index contributed by atoms with van der Waals surface area (Å²) >= 11 is 1.26. The summed E-state index contributed by atoms with van der Waals surface area (Å²) in [6.07, 6.45) is -6.20. The van der Waals surface area contributed by atoms with Gasteiger partial charge in [-0.3, -0.25) is 3.07 Å². The first-order valence-corrected chi connectivity index (χ1v) is 4.33. The summed E-state index contributed by atoms with van der Waals surface area (Å²) in [6, 6.07) is 7.52. The fourth-order valence-electron chi connectivity index (χ4n) is 0.919. The minimum Gasteiger partial charge on any atom is -0.298 e. The summed E-state index contributed by atoms with van der Waals surface area (Å²) < 4.78 is 41.2. The van der Waals surface area contributed by atoms with Gasteiger partial charge in [-0.2, -0.15) is 13.2 Å². The Balaban J connectivity index is 2.92. The van der Waals surface area contributed by atoms with Crippen LogP contribution in [0.4, 0.5) is 13.2 Å². The van der Waals surface area contributed by atoms with Crippen molar-refractivity contribution in [1.29, 1.82) is 0 Å². The predicted molar refractivity (Wildman–Crippen MR) is 50.3 cm³/mol. The SMILES string of the molecule is FC(F)(F)[C@H](OI)c1ccccc1. The Morgan fingerprint density at radius 2 is 1.69 bits per heavy atom. The van der Waals surface area contributed by atoms with Crippen LogP contribution in [0.2, 0.25) is 0 Å². The minimum atomic E-state index is -4.36. The Labute approximate surface area is 87.6 Å². The third-order valence-corrected chi connectivity index (χ3v) is 2.00. The average molecular weight is 302 g/mol. The number of benzene rings is 1. The van der Waals surface area contributed by atoms with Gasteiger partial charge in [0.15, 0.2) is 6.10 Å². The Morgan fingerprint density at radius 1 is 1.15 bits per heavy atom. The first kappa shape index (κ1) is 10.8. The van der Waals surface area contributed by atoms with Crippen LogP contribution < -0.4 is 0 Å². The molecule has 0 aromatic heterocycles. The summed E-state index contributed by atoms with van der Waals surface area (Å²) in [6.45, 7) is 0. The van der Waals surface area contributed by atoms with Crippen molar-refractivity contribution in [3.63, 3.8) is 0 Å². The van der Waals surface area contributed by atoms with Crippen molar-refractivity contribution in [2.75, 3.05) is 0 Å². The molecule has 0 amide bonds. The molecule has 1 nitrogen and oxygen atoms in total. The Hall–Kier alpha value is -0.300. The normalized spacial score (nSPS) is 14.2. The van der Waals surface area contributed by atoms with Crippen LogP contribution >= 0.6 is 23.0 Å². The molecule has 0 saturated carbocycles. The number of rotatable bonds is 2. The molecule has 0 bridgehead atoms. The first-order chi connectivity index (χ1) is 6.05. The number of hydrogen-bond acceptors (Lipinski definition) is 1. The van der Waals surface area contributed by atoms with Gasteiger partial charge in [0.2, 0.25) is 0 Å². The summed E-state index contributed by atoms with van der Waals surface area (Å²) in [5.41, 5.74) is 0.115. The maximum Gasteiger partial charge on any atom is 0.419 e. The highest BCUT2D eigenvalue weighted by molar-refractivity contribution is 14.1. The molecule has 0 spiro atoms. The molecule has 1 rings (SSSR count). The molecule has 0 radical (unpaired) electrons. The molecular weight excluding hydrogens is 296 g/mol. The molecule has 13 heavy (non-hydrogen) atoms. The van der Waals surface area contributed by atoms with Gasteiger partial charge in [0, 0.05) is 0 Å². The molecule has 5 heteroatoms. The van der Waals surface area contributed by atoms with Crippen molar-refractivity contribution in [3.05, 3.63) is 35.9 Å². The van der Waals surface area contributed by atoms with Crippen LogP contribution in [0.15, 0.2) is 30.3 Å². The maximum absolute atomic E-state index is 12.3. The lowest BCUT2D eigenvalue weighted by Crippen LogP contribution is -2.20. The lowest BCUT2D eigenvalue weighted by Gasteiger charge is -2.17. The molecule has 0 aliphatic rings. The van der Waals surface area contributed by atoms with Crippen LogP contribution in [0, 0.1) is 0 Å². The smallest absolute Gasteiger partial charge is 0.298 e. The summed E-state index contributed by atoms with van der Waals surface area (Å²) in [5.74, 6) is 0. The molecule has 0 aliphatic carbocycles. The van der Waals surface area contributed by atoms with E-state index in [-0.39, 0.29) is 5.56 Å². The van der Waals surface area contributed by atoms with Crippen LogP contribution in [0.25, 0.3) is 0 Å². The van der Waals surface area contributed by atoms with Crippen LogP contribution in [-0.2, 0) is 3.07 Å². The maximum atomic E-state index is 12.3. The minimum absolute atomic E-state index is 0.115. The second kappa shape index (κ2) is 4.28.